The monoisotopic (exact) mass is 890 g/mol. The van der Waals surface area contributed by atoms with Crippen molar-refractivity contribution in [3.05, 3.63) is 277 Å². The molecule has 3 aliphatic rings. The van der Waals surface area contributed by atoms with E-state index in [1.807, 2.05) is 0 Å². The van der Waals surface area contributed by atoms with Gasteiger partial charge in [-0.1, -0.05) is 200 Å². The standard InChI is InChI=1S/C67H42N2O/c1-3-20-43(21-4-1)68(62-36-19-32-54-49-27-10-9-26-48(49)52-29-13-17-35-61(52)69(65(54)62)44-22-5-2-6-23-44)45-38-39-51-47-25-8-7-24-46(47)50-28-11-15-33-57(50)67(60(51)42-45)58-34-16-12-31-56(58)64-59(67)41-40-55-53-30-14-18-37-63(53)70-66(55)64/h1-42H. The molecule has 2 heterocycles. The summed E-state index contributed by atoms with van der Waals surface area (Å²) in [6.45, 7) is 0. The fourth-order valence-electron chi connectivity index (χ4n) is 12.5. The first kappa shape index (κ1) is 38.9. The van der Waals surface area contributed by atoms with Crippen LogP contribution in [0.3, 0.4) is 0 Å². The Hall–Kier alpha value is -9.18. The topological polar surface area (TPSA) is 19.6 Å². The normalized spacial score (nSPS) is 14.6. The predicted octanol–water partition coefficient (Wildman–Crippen LogP) is 18.2. The lowest BCUT2D eigenvalue weighted by Crippen LogP contribution is -2.29. The number of rotatable bonds is 4. The summed E-state index contributed by atoms with van der Waals surface area (Å²) in [6, 6.07) is 94.0. The minimum absolute atomic E-state index is 0.732. The number of nitrogens with zero attached hydrogens (tertiary/aromatic N) is 2. The van der Waals surface area contributed by atoms with E-state index < -0.39 is 5.41 Å². The third-order valence-corrected chi connectivity index (χ3v) is 15.2. The van der Waals surface area contributed by atoms with E-state index >= 15 is 0 Å². The molecular formula is C67H42N2O. The summed E-state index contributed by atoms with van der Waals surface area (Å²) in [5.41, 5.74) is 24.6. The Morgan fingerprint density at radius 3 is 1.66 bits per heavy atom. The molecule has 15 rings (SSSR count). The molecule has 0 bridgehead atoms. The van der Waals surface area contributed by atoms with Crippen molar-refractivity contribution in [2.75, 3.05) is 9.80 Å². The highest BCUT2D eigenvalue weighted by atomic mass is 16.3. The molecule has 1 aromatic heterocycles. The van der Waals surface area contributed by atoms with Crippen LogP contribution in [-0.4, -0.2) is 0 Å². The summed E-state index contributed by atoms with van der Waals surface area (Å²) in [6.07, 6.45) is 0. The van der Waals surface area contributed by atoms with Gasteiger partial charge in [-0.15, -0.1) is 0 Å². The summed E-state index contributed by atoms with van der Waals surface area (Å²) < 4.78 is 6.98. The van der Waals surface area contributed by atoms with Gasteiger partial charge in [-0.25, -0.2) is 0 Å². The SMILES string of the molecule is c1ccc(N(c2ccc3c(c2)C2(c4ccccc4-c4ccccc4-3)c3ccccc3-c3c2ccc2c3oc3ccccc32)c2cccc3c2N(c2ccccc2)c2ccccc2-c2ccccc2-3)cc1. The van der Waals surface area contributed by atoms with Crippen molar-refractivity contribution in [1.82, 2.24) is 0 Å². The van der Waals surface area contributed by atoms with E-state index in [1.165, 1.54) is 66.8 Å². The number of benzene rings is 11. The molecule has 11 aromatic carbocycles. The van der Waals surface area contributed by atoms with Crippen LogP contribution in [0, 0.1) is 0 Å². The van der Waals surface area contributed by atoms with Crippen molar-refractivity contribution >= 4 is 56.1 Å². The van der Waals surface area contributed by atoms with Crippen molar-refractivity contribution in [2.45, 2.75) is 5.41 Å². The highest BCUT2D eigenvalue weighted by Crippen LogP contribution is 2.64. The summed E-state index contributed by atoms with van der Waals surface area (Å²) in [7, 11) is 0. The van der Waals surface area contributed by atoms with Crippen LogP contribution in [0.15, 0.2) is 259 Å². The maximum Gasteiger partial charge on any atom is 0.143 e. The predicted molar refractivity (Wildman–Crippen MR) is 289 cm³/mol. The average Bonchev–Trinajstić information content (AvgIpc) is 3.88. The van der Waals surface area contributed by atoms with E-state index in [2.05, 4.69) is 265 Å². The molecule has 12 aromatic rings. The molecule has 1 atom stereocenters. The molecule has 2 aliphatic carbocycles. The van der Waals surface area contributed by atoms with Gasteiger partial charge in [0.05, 0.1) is 22.5 Å². The van der Waals surface area contributed by atoms with Gasteiger partial charge >= 0.3 is 0 Å². The maximum atomic E-state index is 6.98. The molecule has 0 N–H and O–H groups in total. The van der Waals surface area contributed by atoms with Crippen molar-refractivity contribution in [1.29, 1.82) is 0 Å². The van der Waals surface area contributed by atoms with Crippen LogP contribution in [0.25, 0.3) is 77.6 Å². The van der Waals surface area contributed by atoms with Crippen molar-refractivity contribution in [2.24, 2.45) is 0 Å². The number of para-hydroxylation sites is 5. The van der Waals surface area contributed by atoms with Crippen LogP contribution in [-0.2, 0) is 5.41 Å². The van der Waals surface area contributed by atoms with Gasteiger partial charge in [-0.05, 0) is 116 Å². The summed E-state index contributed by atoms with van der Waals surface area (Å²) >= 11 is 0. The second-order valence-corrected chi connectivity index (χ2v) is 18.7. The highest BCUT2D eigenvalue weighted by Gasteiger charge is 2.51. The zero-order chi connectivity index (χ0) is 45.9. The lowest BCUT2D eigenvalue weighted by Gasteiger charge is -2.37. The van der Waals surface area contributed by atoms with Gasteiger partial charge in [-0.3, -0.25) is 0 Å². The molecule has 0 radical (unpaired) electrons. The summed E-state index contributed by atoms with van der Waals surface area (Å²) in [4.78, 5) is 4.97. The van der Waals surface area contributed by atoms with Crippen LogP contribution in [0.4, 0.5) is 34.1 Å². The number of hydrogen-bond acceptors (Lipinski definition) is 3. The zero-order valence-electron chi connectivity index (χ0n) is 38.1. The van der Waals surface area contributed by atoms with E-state index in [0.717, 1.165) is 67.2 Å². The molecule has 0 saturated carbocycles. The number of furan rings is 1. The number of hydrogen-bond donors (Lipinski definition) is 0. The lowest BCUT2D eigenvalue weighted by molar-refractivity contribution is 0.669. The van der Waals surface area contributed by atoms with Crippen LogP contribution in [0.1, 0.15) is 22.3 Å². The average molecular weight is 891 g/mol. The first-order chi connectivity index (χ1) is 34.8. The molecule has 1 aliphatic heterocycles. The van der Waals surface area contributed by atoms with Gasteiger partial charge < -0.3 is 14.2 Å². The fourth-order valence-corrected chi connectivity index (χ4v) is 12.5. The third-order valence-electron chi connectivity index (χ3n) is 15.2. The Kier molecular flexibility index (Phi) is 8.28. The molecule has 0 amide bonds. The van der Waals surface area contributed by atoms with E-state index in [0.29, 0.717) is 0 Å². The molecule has 0 saturated heterocycles. The smallest absolute Gasteiger partial charge is 0.143 e. The Balaban J connectivity index is 1.08. The van der Waals surface area contributed by atoms with Crippen LogP contribution in [0.2, 0.25) is 0 Å². The van der Waals surface area contributed by atoms with E-state index in [1.54, 1.807) is 0 Å². The Bertz CT molecular complexity index is 4090. The second-order valence-electron chi connectivity index (χ2n) is 18.7. The molecular weight excluding hydrogens is 849 g/mol. The molecule has 3 heteroatoms. The van der Waals surface area contributed by atoms with E-state index in [-0.39, 0.29) is 0 Å². The first-order valence-electron chi connectivity index (χ1n) is 24.2. The first-order valence-corrected chi connectivity index (χ1v) is 24.2. The fraction of sp³-hybridized carbons (Fsp3) is 0.0149. The zero-order valence-corrected chi connectivity index (χ0v) is 38.1. The summed E-state index contributed by atoms with van der Waals surface area (Å²) in [5, 5.41) is 2.26. The van der Waals surface area contributed by atoms with E-state index in [9.17, 15) is 0 Å². The third kappa shape index (κ3) is 5.29. The Labute approximate surface area is 406 Å². The Morgan fingerprint density at radius 2 is 0.900 bits per heavy atom. The minimum atomic E-state index is -0.732. The molecule has 326 valence electrons. The second kappa shape index (κ2) is 14.9. The Morgan fingerprint density at radius 1 is 0.343 bits per heavy atom. The van der Waals surface area contributed by atoms with Gasteiger partial charge in [0.15, 0.2) is 0 Å². The maximum absolute atomic E-state index is 6.98. The lowest BCUT2D eigenvalue weighted by atomic mass is 9.65. The highest BCUT2D eigenvalue weighted by molar-refractivity contribution is 6.13. The minimum Gasteiger partial charge on any atom is -0.455 e. The van der Waals surface area contributed by atoms with Crippen molar-refractivity contribution < 1.29 is 4.42 Å². The van der Waals surface area contributed by atoms with Crippen LogP contribution >= 0.6 is 0 Å². The quantitative estimate of drug-likeness (QED) is 0.176. The van der Waals surface area contributed by atoms with Crippen LogP contribution in [0.5, 0.6) is 0 Å². The molecule has 0 fully saturated rings. The van der Waals surface area contributed by atoms with Gasteiger partial charge in [-0.2, -0.15) is 0 Å². The van der Waals surface area contributed by atoms with Gasteiger partial charge in [0.1, 0.15) is 11.2 Å². The largest absolute Gasteiger partial charge is 0.455 e. The molecule has 70 heavy (non-hydrogen) atoms. The number of fused-ring (bicyclic) bond motifs is 21. The van der Waals surface area contributed by atoms with E-state index in [4.69, 9.17) is 4.42 Å². The van der Waals surface area contributed by atoms with Crippen LogP contribution < -0.4 is 9.80 Å². The summed E-state index contributed by atoms with van der Waals surface area (Å²) in [5.74, 6) is 0. The molecule has 1 unspecified atom stereocenters. The van der Waals surface area contributed by atoms with Gasteiger partial charge in [0, 0.05) is 44.5 Å². The van der Waals surface area contributed by atoms with Crippen molar-refractivity contribution in [3.63, 3.8) is 0 Å². The van der Waals surface area contributed by atoms with Gasteiger partial charge in [0.25, 0.3) is 0 Å². The van der Waals surface area contributed by atoms with Gasteiger partial charge in [0.2, 0.25) is 0 Å². The van der Waals surface area contributed by atoms with Crippen molar-refractivity contribution in [3.8, 4) is 55.6 Å². The number of anilines is 6. The molecule has 3 nitrogen and oxygen atoms in total. The molecule has 1 spiro atoms.